The maximum absolute atomic E-state index is 11.8. The molecule has 0 bridgehead atoms. The van der Waals surface area contributed by atoms with E-state index >= 15 is 0 Å². The van der Waals surface area contributed by atoms with E-state index in [-0.39, 0.29) is 5.91 Å². The van der Waals surface area contributed by atoms with Gasteiger partial charge in [-0.15, -0.1) is 0 Å². The van der Waals surface area contributed by atoms with Crippen molar-refractivity contribution in [2.45, 2.75) is 19.9 Å². The van der Waals surface area contributed by atoms with Crippen molar-refractivity contribution in [3.63, 3.8) is 0 Å². The molecule has 1 aromatic rings. The van der Waals surface area contributed by atoms with E-state index in [4.69, 9.17) is 23.2 Å². The van der Waals surface area contributed by atoms with Crippen molar-refractivity contribution in [1.29, 1.82) is 0 Å². The van der Waals surface area contributed by atoms with E-state index < -0.39 is 0 Å². The molecule has 0 atom stereocenters. The first-order valence-corrected chi connectivity index (χ1v) is 6.68. The average Bonchev–Trinajstić information content (AvgIpc) is 2.34. The van der Waals surface area contributed by atoms with Gasteiger partial charge in [0.1, 0.15) is 0 Å². The third-order valence-corrected chi connectivity index (χ3v) is 3.27. The third-order valence-electron chi connectivity index (χ3n) is 2.53. The summed E-state index contributed by atoms with van der Waals surface area (Å²) in [4.78, 5) is 13.4. The quantitative estimate of drug-likeness (QED) is 0.817. The van der Waals surface area contributed by atoms with Crippen molar-refractivity contribution in [1.82, 2.24) is 10.2 Å². The number of hydrogen-bond acceptors (Lipinski definition) is 2. The average molecular weight is 289 g/mol. The highest BCUT2D eigenvalue weighted by Crippen LogP contribution is 2.23. The second kappa shape index (κ2) is 7.62. The van der Waals surface area contributed by atoms with Crippen molar-refractivity contribution in [2.24, 2.45) is 0 Å². The largest absolute Gasteiger partial charge is 0.340 e. The number of rotatable bonds is 6. The van der Waals surface area contributed by atoms with Gasteiger partial charge in [-0.25, -0.2) is 0 Å². The molecule has 0 fully saturated rings. The second-order valence-electron chi connectivity index (χ2n) is 4.18. The molecule has 1 N–H and O–H groups in total. The number of carbonyl (C=O) groups is 1. The summed E-state index contributed by atoms with van der Waals surface area (Å²) in [5.74, 6) is 0.0644. The Labute approximate surface area is 118 Å². The topological polar surface area (TPSA) is 32.3 Å². The molecular formula is C13H18Cl2N2O. The second-order valence-corrected chi connectivity index (χ2v) is 4.99. The first-order chi connectivity index (χ1) is 8.54. The van der Waals surface area contributed by atoms with Gasteiger partial charge in [0.15, 0.2) is 0 Å². The van der Waals surface area contributed by atoms with Crippen molar-refractivity contribution >= 4 is 29.1 Å². The first kappa shape index (κ1) is 15.3. The van der Waals surface area contributed by atoms with Gasteiger partial charge in [-0.1, -0.05) is 36.2 Å². The van der Waals surface area contributed by atoms with E-state index in [0.29, 0.717) is 23.1 Å². The van der Waals surface area contributed by atoms with Gasteiger partial charge in [0, 0.05) is 13.6 Å². The standard InChI is InChI=1S/C13H18Cl2N2O/c1-3-6-16-8-13(18)17(2)9-10-4-5-11(14)12(15)7-10/h4-5,7,16H,3,6,8-9H2,1-2H3. The molecule has 0 radical (unpaired) electrons. The van der Waals surface area contributed by atoms with E-state index in [2.05, 4.69) is 12.2 Å². The Hall–Kier alpha value is -0.770. The summed E-state index contributed by atoms with van der Waals surface area (Å²) in [6, 6.07) is 5.40. The van der Waals surface area contributed by atoms with E-state index in [1.165, 1.54) is 0 Å². The van der Waals surface area contributed by atoms with Crippen molar-refractivity contribution in [3.05, 3.63) is 33.8 Å². The number of amides is 1. The molecule has 1 aromatic carbocycles. The number of nitrogens with one attached hydrogen (secondary N) is 1. The van der Waals surface area contributed by atoms with Crippen molar-refractivity contribution in [2.75, 3.05) is 20.1 Å². The maximum Gasteiger partial charge on any atom is 0.236 e. The van der Waals surface area contributed by atoms with Crippen molar-refractivity contribution < 1.29 is 4.79 Å². The van der Waals surface area contributed by atoms with Gasteiger partial charge >= 0.3 is 0 Å². The predicted molar refractivity (Wildman–Crippen MR) is 76.1 cm³/mol. The molecule has 0 unspecified atom stereocenters. The Morgan fingerprint density at radius 2 is 2.06 bits per heavy atom. The Morgan fingerprint density at radius 1 is 1.33 bits per heavy atom. The molecule has 1 amide bonds. The molecule has 0 aliphatic carbocycles. The number of nitrogens with zero attached hydrogens (tertiary/aromatic N) is 1. The minimum Gasteiger partial charge on any atom is -0.340 e. The zero-order valence-electron chi connectivity index (χ0n) is 10.7. The summed E-state index contributed by atoms with van der Waals surface area (Å²) >= 11 is 11.8. The van der Waals surface area contributed by atoms with E-state index in [1.54, 1.807) is 24.1 Å². The van der Waals surface area contributed by atoms with Crippen LogP contribution in [0.1, 0.15) is 18.9 Å². The van der Waals surface area contributed by atoms with Crippen LogP contribution in [-0.2, 0) is 11.3 Å². The van der Waals surface area contributed by atoms with Crippen LogP contribution in [0, 0.1) is 0 Å². The maximum atomic E-state index is 11.8. The minimum absolute atomic E-state index is 0.0644. The molecular weight excluding hydrogens is 271 g/mol. The zero-order chi connectivity index (χ0) is 13.5. The molecule has 0 aromatic heterocycles. The monoisotopic (exact) mass is 288 g/mol. The molecule has 18 heavy (non-hydrogen) atoms. The van der Waals surface area contributed by atoms with Gasteiger partial charge in [0.05, 0.1) is 16.6 Å². The molecule has 0 aliphatic rings. The summed E-state index contributed by atoms with van der Waals surface area (Å²) in [7, 11) is 1.78. The summed E-state index contributed by atoms with van der Waals surface area (Å²) in [5.41, 5.74) is 0.968. The SMILES string of the molecule is CCCNCC(=O)N(C)Cc1ccc(Cl)c(Cl)c1. The minimum atomic E-state index is 0.0644. The van der Waals surface area contributed by atoms with E-state index in [9.17, 15) is 4.79 Å². The fourth-order valence-electron chi connectivity index (χ4n) is 1.51. The number of likely N-dealkylation sites (N-methyl/N-ethyl adjacent to an activating group) is 1. The Kier molecular flexibility index (Phi) is 6.47. The zero-order valence-corrected chi connectivity index (χ0v) is 12.2. The lowest BCUT2D eigenvalue weighted by Crippen LogP contribution is -2.35. The molecule has 100 valence electrons. The molecule has 1 rings (SSSR count). The Bertz CT molecular complexity index is 410. The Morgan fingerprint density at radius 3 is 2.67 bits per heavy atom. The summed E-state index contributed by atoms with van der Waals surface area (Å²) in [6.07, 6.45) is 1.02. The van der Waals surface area contributed by atoms with Gasteiger partial charge < -0.3 is 10.2 Å². The summed E-state index contributed by atoms with van der Waals surface area (Å²) in [5, 5.41) is 4.12. The van der Waals surface area contributed by atoms with Gasteiger partial charge in [0.25, 0.3) is 0 Å². The summed E-state index contributed by atoms with van der Waals surface area (Å²) < 4.78 is 0. The van der Waals surface area contributed by atoms with Crippen LogP contribution in [0.25, 0.3) is 0 Å². The lowest BCUT2D eigenvalue weighted by atomic mass is 10.2. The van der Waals surface area contributed by atoms with Crippen LogP contribution >= 0.6 is 23.2 Å². The van der Waals surface area contributed by atoms with E-state index in [1.807, 2.05) is 6.07 Å². The van der Waals surface area contributed by atoms with Crippen LogP contribution in [0.4, 0.5) is 0 Å². The van der Waals surface area contributed by atoms with Crippen LogP contribution in [0.2, 0.25) is 10.0 Å². The van der Waals surface area contributed by atoms with Crippen LogP contribution < -0.4 is 5.32 Å². The third kappa shape index (κ3) is 4.84. The molecule has 0 heterocycles. The van der Waals surface area contributed by atoms with Gasteiger partial charge in [-0.3, -0.25) is 4.79 Å². The molecule has 0 aliphatic heterocycles. The fourth-order valence-corrected chi connectivity index (χ4v) is 1.83. The molecule has 0 spiro atoms. The highest BCUT2D eigenvalue weighted by molar-refractivity contribution is 6.42. The highest BCUT2D eigenvalue weighted by atomic mass is 35.5. The normalized spacial score (nSPS) is 10.4. The predicted octanol–water partition coefficient (Wildman–Crippen LogP) is 2.95. The van der Waals surface area contributed by atoms with Crippen molar-refractivity contribution in [3.8, 4) is 0 Å². The molecule has 3 nitrogen and oxygen atoms in total. The van der Waals surface area contributed by atoms with Crippen LogP contribution in [0.15, 0.2) is 18.2 Å². The highest BCUT2D eigenvalue weighted by Gasteiger charge is 2.09. The van der Waals surface area contributed by atoms with Crippen LogP contribution in [-0.4, -0.2) is 30.9 Å². The molecule has 5 heteroatoms. The number of carbonyl (C=O) groups excluding carboxylic acids is 1. The van der Waals surface area contributed by atoms with E-state index in [0.717, 1.165) is 18.5 Å². The number of hydrogen-bond donors (Lipinski definition) is 1. The molecule has 0 saturated heterocycles. The number of benzene rings is 1. The lowest BCUT2D eigenvalue weighted by molar-refractivity contribution is -0.129. The lowest BCUT2D eigenvalue weighted by Gasteiger charge is -2.17. The number of halogens is 2. The van der Waals surface area contributed by atoms with Crippen LogP contribution in [0.5, 0.6) is 0 Å². The van der Waals surface area contributed by atoms with Crippen LogP contribution in [0.3, 0.4) is 0 Å². The Balaban J connectivity index is 2.50. The first-order valence-electron chi connectivity index (χ1n) is 5.93. The van der Waals surface area contributed by atoms with Gasteiger partial charge in [-0.05, 0) is 30.7 Å². The smallest absolute Gasteiger partial charge is 0.236 e. The van der Waals surface area contributed by atoms with Gasteiger partial charge in [0.2, 0.25) is 5.91 Å². The summed E-state index contributed by atoms with van der Waals surface area (Å²) in [6.45, 7) is 3.82. The molecule has 0 saturated carbocycles. The fraction of sp³-hybridized carbons (Fsp3) is 0.462. The van der Waals surface area contributed by atoms with Gasteiger partial charge in [-0.2, -0.15) is 0 Å².